The van der Waals surface area contributed by atoms with E-state index in [-0.39, 0.29) is 28.7 Å². The summed E-state index contributed by atoms with van der Waals surface area (Å²) in [4.78, 5) is 23.8. The second-order valence-corrected chi connectivity index (χ2v) is 12.0. The molecule has 1 saturated heterocycles. The number of likely N-dealkylation sites (tertiary alicyclic amines) is 1. The summed E-state index contributed by atoms with van der Waals surface area (Å²) in [5, 5.41) is 3.95. The molecule has 2 aromatic carbocycles. The molecule has 1 atom stereocenters. The highest BCUT2D eigenvalue weighted by Crippen LogP contribution is 2.30. The SMILES string of the molecule is CCCOc1ccc(C(=O)N2CCC(Oc3cc(-c4c(C)cccc4C)nc(NS(=O)(=O)c4cnn(C)c4)n3)C2)cc1. The van der Waals surface area contributed by atoms with Crippen LogP contribution in [0.3, 0.4) is 0 Å². The molecule has 2 aromatic heterocycles. The molecule has 11 nitrogen and oxygen atoms in total. The fourth-order valence-corrected chi connectivity index (χ4v) is 5.80. The lowest BCUT2D eigenvalue weighted by atomic mass is 10.00. The van der Waals surface area contributed by atoms with Crippen LogP contribution in [0.5, 0.6) is 11.6 Å². The minimum absolute atomic E-state index is 0.0107. The molecule has 1 N–H and O–H groups in total. The molecule has 1 unspecified atom stereocenters. The van der Waals surface area contributed by atoms with Crippen molar-refractivity contribution in [3.8, 4) is 22.9 Å². The number of carbonyl (C=O) groups is 1. The first-order valence-electron chi connectivity index (χ1n) is 13.8. The van der Waals surface area contributed by atoms with Crippen molar-refractivity contribution in [2.75, 3.05) is 24.4 Å². The average Bonchev–Trinajstić information content (AvgIpc) is 3.61. The predicted molar refractivity (Wildman–Crippen MR) is 158 cm³/mol. The number of sulfonamides is 1. The van der Waals surface area contributed by atoms with Gasteiger partial charge in [0.05, 0.1) is 25.0 Å². The van der Waals surface area contributed by atoms with Crippen LogP contribution in [0.15, 0.2) is 65.8 Å². The van der Waals surface area contributed by atoms with Crippen LogP contribution in [0, 0.1) is 13.8 Å². The second kappa shape index (κ2) is 12.2. The van der Waals surface area contributed by atoms with Gasteiger partial charge in [0.15, 0.2) is 0 Å². The summed E-state index contributed by atoms with van der Waals surface area (Å²) in [5.41, 5.74) is 3.91. The number of hydrogen-bond donors (Lipinski definition) is 1. The fourth-order valence-electron chi connectivity index (χ4n) is 4.87. The van der Waals surface area contributed by atoms with E-state index in [4.69, 9.17) is 9.47 Å². The number of nitrogens with one attached hydrogen (secondary N) is 1. The van der Waals surface area contributed by atoms with Crippen molar-refractivity contribution in [1.82, 2.24) is 24.6 Å². The van der Waals surface area contributed by atoms with E-state index in [0.717, 1.165) is 28.9 Å². The smallest absolute Gasteiger partial charge is 0.267 e. The molecular weight excluding hydrogens is 556 g/mol. The Balaban J connectivity index is 1.37. The first-order valence-corrected chi connectivity index (χ1v) is 15.3. The van der Waals surface area contributed by atoms with Crippen molar-refractivity contribution in [2.24, 2.45) is 7.05 Å². The molecule has 1 aliphatic rings. The second-order valence-electron chi connectivity index (χ2n) is 10.3. The Morgan fingerprint density at radius 3 is 2.50 bits per heavy atom. The van der Waals surface area contributed by atoms with Gasteiger partial charge >= 0.3 is 0 Å². The summed E-state index contributed by atoms with van der Waals surface area (Å²) in [7, 11) is -2.36. The quantitative estimate of drug-likeness (QED) is 0.288. The first kappa shape index (κ1) is 29.1. The summed E-state index contributed by atoms with van der Waals surface area (Å²) in [6.07, 6.45) is 3.83. The van der Waals surface area contributed by atoms with Crippen LogP contribution in [-0.2, 0) is 17.1 Å². The van der Waals surface area contributed by atoms with Gasteiger partial charge in [-0.1, -0.05) is 25.1 Å². The van der Waals surface area contributed by atoms with E-state index in [9.17, 15) is 13.2 Å². The minimum atomic E-state index is -3.99. The summed E-state index contributed by atoms with van der Waals surface area (Å²) in [6, 6.07) is 14.7. The van der Waals surface area contributed by atoms with Gasteiger partial charge in [-0.3, -0.25) is 9.48 Å². The van der Waals surface area contributed by atoms with Crippen LogP contribution in [-0.4, -0.2) is 64.8 Å². The number of benzene rings is 2. The maximum absolute atomic E-state index is 13.2. The number of anilines is 1. The van der Waals surface area contributed by atoms with Crippen molar-refractivity contribution < 1.29 is 22.7 Å². The third-order valence-electron chi connectivity index (χ3n) is 6.95. The van der Waals surface area contributed by atoms with E-state index >= 15 is 0 Å². The highest BCUT2D eigenvalue weighted by Gasteiger charge is 2.29. The number of amides is 1. The minimum Gasteiger partial charge on any atom is -0.494 e. The highest BCUT2D eigenvalue weighted by atomic mass is 32.2. The molecule has 5 rings (SSSR count). The normalized spacial score (nSPS) is 15.0. The number of aromatic nitrogens is 4. The number of ether oxygens (including phenoxy) is 2. The van der Waals surface area contributed by atoms with Gasteiger partial charge in [0, 0.05) is 43.4 Å². The zero-order valence-electron chi connectivity index (χ0n) is 24.1. The van der Waals surface area contributed by atoms with Crippen LogP contribution >= 0.6 is 0 Å². The zero-order chi connectivity index (χ0) is 29.9. The van der Waals surface area contributed by atoms with Gasteiger partial charge in [0.1, 0.15) is 16.7 Å². The van der Waals surface area contributed by atoms with Gasteiger partial charge in [-0.2, -0.15) is 10.1 Å². The Morgan fingerprint density at radius 1 is 1.10 bits per heavy atom. The van der Waals surface area contributed by atoms with Crippen molar-refractivity contribution in [3.05, 3.63) is 77.6 Å². The molecule has 1 aliphatic heterocycles. The molecule has 1 amide bonds. The molecule has 0 radical (unpaired) electrons. The number of rotatable bonds is 10. The third-order valence-corrected chi connectivity index (χ3v) is 8.23. The molecule has 220 valence electrons. The Bertz CT molecular complexity index is 1670. The van der Waals surface area contributed by atoms with Gasteiger partial charge in [-0.25, -0.2) is 18.1 Å². The predicted octanol–water partition coefficient (Wildman–Crippen LogP) is 4.38. The summed E-state index contributed by atoms with van der Waals surface area (Å²) < 4.78 is 41.8. The Kier molecular flexibility index (Phi) is 8.44. The van der Waals surface area contributed by atoms with Crippen molar-refractivity contribution >= 4 is 21.9 Å². The topological polar surface area (TPSA) is 129 Å². The van der Waals surface area contributed by atoms with Gasteiger partial charge in [-0.05, 0) is 55.7 Å². The van der Waals surface area contributed by atoms with E-state index in [1.54, 1.807) is 42.3 Å². The first-order chi connectivity index (χ1) is 20.1. The summed E-state index contributed by atoms with van der Waals surface area (Å²) in [6.45, 7) is 7.48. The molecule has 12 heteroatoms. The fraction of sp³-hybridized carbons (Fsp3) is 0.333. The third kappa shape index (κ3) is 6.54. The highest BCUT2D eigenvalue weighted by molar-refractivity contribution is 7.92. The molecule has 3 heterocycles. The zero-order valence-corrected chi connectivity index (χ0v) is 24.9. The molecule has 0 spiro atoms. The summed E-state index contributed by atoms with van der Waals surface area (Å²) in [5.74, 6) is 0.731. The maximum atomic E-state index is 13.2. The number of aryl methyl sites for hydroxylation is 3. The van der Waals surface area contributed by atoms with Crippen LogP contribution in [0.2, 0.25) is 0 Å². The standard InChI is InChI=1S/C30H34N6O5S/c1-5-15-40-23-11-9-22(10-12-23)29(37)36-14-13-24(18-36)41-27-16-26(28-20(2)7-6-8-21(28)3)32-30(33-27)34-42(38,39)25-17-31-35(4)19-25/h6-12,16-17,19,24H,5,13-15,18H2,1-4H3,(H,32,33,34). The lowest BCUT2D eigenvalue weighted by molar-refractivity contribution is 0.0771. The van der Waals surface area contributed by atoms with Gasteiger partial charge in [0.2, 0.25) is 11.8 Å². The molecular formula is C30H34N6O5S. The number of hydrogen-bond acceptors (Lipinski definition) is 8. The lowest BCUT2D eigenvalue weighted by Gasteiger charge is -2.18. The monoisotopic (exact) mass is 590 g/mol. The van der Waals surface area contributed by atoms with Gasteiger partial charge < -0.3 is 14.4 Å². The van der Waals surface area contributed by atoms with Crippen LogP contribution in [0.25, 0.3) is 11.3 Å². The molecule has 0 bridgehead atoms. The van der Waals surface area contributed by atoms with Crippen molar-refractivity contribution in [1.29, 1.82) is 0 Å². The lowest BCUT2D eigenvalue weighted by Crippen LogP contribution is -2.31. The van der Waals surface area contributed by atoms with E-state index < -0.39 is 10.0 Å². The molecule has 0 saturated carbocycles. The average molecular weight is 591 g/mol. The largest absolute Gasteiger partial charge is 0.494 e. The molecule has 1 fully saturated rings. The van der Waals surface area contributed by atoms with Gasteiger partial charge in [-0.15, -0.1) is 0 Å². The van der Waals surface area contributed by atoms with E-state index in [0.29, 0.717) is 37.4 Å². The summed E-state index contributed by atoms with van der Waals surface area (Å²) >= 11 is 0. The van der Waals surface area contributed by atoms with E-state index in [1.807, 2.05) is 39.0 Å². The number of carbonyl (C=O) groups excluding carboxylic acids is 1. The molecule has 42 heavy (non-hydrogen) atoms. The Hall–Kier alpha value is -4.45. The molecule has 0 aliphatic carbocycles. The van der Waals surface area contributed by atoms with Crippen molar-refractivity contribution in [2.45, 2.75) is 44.6 Å². The van der Waals surface area contributed by atoms with Crippen LogP contribution in [0.1, 0.15) is 41.3 Å². The van der Waals surface area contributed by atoms with E-state index in [2.05, 4.69) is 19.8 Å². The molecule has 4 aromatic rings. The van der Waals surface area contributed by atoms with Crippen LogP contribution < -0.4 is 14.2 Å². The Labute approximate surface area is 245 Å². The maximum Gasteiger partial charge on any atom is 0.267 e. The van der Waals surface area contributed by atoms with Gasteiger partial charge in [0.25, 0.3) is 15.9 Å². The van der Waals surface area contributed by atoms with Crippen LogP contribution in [0.4, 0.5) is 5.95 Å². The van der Waals surface area contributed by atoms with E-state index in [1.165, 1.54) is 17.1 Å². The Morgan fingerprint density at radius 2 is 1.83 bits per heavy atom. The van der Waals surface area contributed by atoms with Crippen molar-refractivity contribution in [3.63, 3.8) is 0 Å². The number of nitrogens with zero attached hydrogens (tertiary/aromatic N) is 5.